The number of hydrogen-bond acceptors (Lipinski definition) is 4. The van der Waals surface area contributed by atoms with E-state index in [4.69, 9.17) is 0 Å². The molecule has 1 aromatic carbocycles. The van der Waals surface area contributed by atoms with Crippen LogP contribution in [0.4, 0.5) is 13.2 Å². The second-order valence-corrected chi connectivity index (χ2v) is 3.82. The van der Waals surface area contributed by atoms with Gasteiger partial charge in [-0.25, -0.2) is 9.48 Å². The van der Waals surface area contributed by atoms with Gasteiger partial charge in [-0.1, -0.05) is 12.1 Å². The number of nitrogens with zero attached hydrogens (tertiary/aromatic N) is 2. The molecule has 0 saturated heterocycles. The van der Waals surface area contributed by atoms with Crippen molar-refractivity contribution in [3.8, 4) is 11.6 Å². The Labute approximate surface area is 111 Å². The maximum absolute atomic E-state index is 12.6. The van der Waals surface area contributed by atoms with Gasteiger partial charge in [0.25, 0.3) is 0 Å². The van der Waals surface area contributed by atoms with E-state index >= 15 is 0 Å². The number of carbonyl (C=O) groups is 1. The molecule has 0 aliphatic carbocycles. The van der Waals surface area contributed by atoms with Gasteiger partial charge in [-0.3, -0.25) is 0 Å². The third-order valence-electron chi connectivity index (χ3n) is 2.56. The summed E-state index contributed by atoms with van der Waals surface area (Å²) in [4.78, 5) is 11.5. The molecule has 2 aromatic rings. The fourth-order valence-corrected chi connectivity index (χ4v) is 1.64. The second-order valence-electron chi connectivity index (χ2n) is 3.82. The zero-order valence-corrected chi connectivity index (χ0v) is 10.2. The Morgan fingerprint density at radius 1 is 1.35 bits per heavy atom. The zero-order chi connectivity index (χ0) is 14.9. The SMILES string of the molecule is COC(=O)c1ccccc1-n1cc(C(F)(F)F)c(O)n1. The number of carbonyl (C=O) groups excluding carboxylic acids is 1. The summed E-state index contributed by atoms with van der Waals surface area (Å²) in [5.41, 5.74) is -1.17. The molecule has 8 heteroatoms. The summed E-state index contributed by atoms with van der Waals surface area (Å²) < 4.78 is 43.1. The van der Waals surface area contributed by atoms with Crippen LogP contribution in [0.2, 0.25) is 0 Å². The minimum atomic E-state index is -4.73. The van der Waals surface area contributed by atoms with Gasteiger partial charge in [-0.05, 0) is 12.1 Å². The van der Waals surface area contributed by atoms with Crippen LogP contribution in [-0.2, 0) is 10.9 Å². The molecule has 0 aliphatic rings. The number of hydrogen-bond donors (Lipinski definition) is 1. The Balaban J connectivity index is 2.56. The van der Waals surface area contributed by atoms with E-state index in [-0.39, 0.29) is 11.3 Å². The number of methoxy groups -OCH3 is 1. The number of benzene rings is 1. The monoisotopic (exact) mass is 286 g/mol. The minimum Gasteiger partial charge on any atom is -0.492 e. The number of aromatic hydroxyl groups is 1. The van der Waals surface area contributed by atoms with Crippen LogP contribution in [0.5, 0.6) is 5.88 Å². The van der Waals surface area contributed by atoms with E-state index in [1.807, 2.05) is 0 Å². The van der Waals surface area contributed by atoms with Crippen LogP contribution in [0.3, 0.4) is 0 Å². The van der Waals surface area contributed by atoms with Crippen molar-refractivity contribution in [2.24, 2.45) is 0 Å². The molecule has 0 fully saturated rings. The maximum atomic E-state index is 12.6. The highest BCUT2D eigenvalue weighted by Crippen LogP contribution is 2.35. The van der Waals surface area contributed by atoms with Crippen LogP contribution < -0.4 is 0 Å². The van der Waals surface area contributed by atoms with E-state index in [1.54, 1.807) is 0 Å². The van der Waals surface area contributed by atoms with Crippen molar-refractivity contribution >= 4 is 5.97 Å². The Bertz CT molecular complexity index is 650. The number of halogens is 3. The largest absolute Gasteiger partial charge is 0.492 e. The summed E-state index contributed by atoms with van der Waals surface area (Å²) in [6, 6.07) is 5.82. The summed E-state index contributed by atoms with van der Waals surface area (Å²) in [6.07, 6.45) is -4.13. The summed E-state index contributed by atoms with van der Waals surface area (Å²) in [5, 5.41) is 12.6. The molecule has 0 unspecified atom stereocenters. The predicted molar refractivity (Wildman–Crippen MR) is 61.6 cm³/mol. The van der Waals surface area contributed by atoms with Crippen LogP contribution in [0.1, 0.15) is 15.9 Å². The molecule has 1 heterocycles. The Hall–Kier alpha value is -2.51. The fraction of sp³-hybridized carbons (Fsp3) is 0.167. The van der Waals surface area contributed by atoms with Crippen molar-refractivity contribution < 1.29 is 27.8 Å². The van der Waals surface area contributed by atoms with Crippen molar-refractivity contribution in [3.05, 3.63) is 41.6 Å². The minimum absolute atomic E-state index is 0.0335. The first kappa shape index (κ1) is 13.9. The molecule has 0 saturated carbocycles. The first-order valence-electron chi connectivity index (χ1n) is 5.38. The maximum Gasteiger partial charge on any atom is 0.423 e. The molecule has 0 bridgehead atoms. The first-order valence-corrected chi connectivity index (χ1v) is 5.38. The number of alkyl halides is 3. The van der Waals surface area contributed by atoms with Gasteiger partial charge in [-0.15, -0.1) is 5.10 Å². The first-order chi connectivity index (χ1) is 9.34. The number of rotatable bonds is 2. The number of para-hydroxylation sites is 1. The Kier molecular flexibility index (Phi) is 3.39. The molecule has 106 valence electrons. The molecule has 1 N–H and O–H groups in total. The average molecular weight is 286 g/mol. The van der Waals surface area contributed by atoms with Crippen molar-refractivity contribution in [3.63, 3.8) is 0 Å². The summed E-state index contributed by atoms with van der Waals surface area (Å²) in [6.45, 7) is 0. The van der Waals surface area contributed by atoms with E-state index in [1.165, 1.54) is 24.3 Å². The van der Waals surface area contributed by atoms with E-state index in [9.17, 15) is 23.1 Å². The van der Waals surface area contributed by atoms with Gasteiger partial charge >= 0.3 is 12.1 Å². The quantitative estimate of drug-likeness (QED) is 0.861. The fourth-order valence-electron chi connectivity index (χ4n) is 1.64. The van der Waals surface area contributed by atoms with E-state index in [0.717, 1.165) is 11.8 Å². The molecule has 0 aliphatic heterocycles. The standard InChI is InChI=1S/C12H9F3N2O3/c1-20-11(19)7-4-2-3-5-9(7)17-6-8(10(18)16-17)12(13,14)15/h2-6H,1H3,(H,16,18). The van der Waals surface area contributed by atoms with E-state index in [2.05, 4.69) is 9.84 Å². The smallest absolute Gasteiger partial charge is 0.423 e. The third kappa shape index (κ3) is 2.44. The summed E-state index contributed by atoms with van der Waals surface area (Å²) in [5.74, 6) is -1.87. The number of aromatic nitrogens is 2. The van der Waals surface area contributed by atoms with Gasteiger partial charge < -0.3 is 9.84 Å². The number of ether oxygens (including phenoxy) is 1. The highest BCUT2D eigenvalue weighted by Gasteiger charge is 2.36. The van der Waals surface area contributed by atoms with Gasteiger partial charge in [0.15, 0.2) is 0 Å². The number of esters is 1. The molecule has 0 amide bonds. The molecule has 1 aromatic heterocycles. The van der Waals surface area contributed by atoms with Crippen LogP contribution in [-0.4, -0.2) is 28.0 Å². The molecule has 0 radical (unpaired) electrons. The van der Waals surface area contributed by atoms with Gasteiger partial charge in [0.05, 0.1) is 18.4 Å². The lowest BCUT2D eigenvalue weighted by molar-refractivity contribution is -0.138. The lowest BCUT2D eigenvalue weighted by Gasteiger charge is -2.07. The molecular weight excluding hydrogens is 277 g/mol. The Morgan fingerprint density at radius 2 is 2.00 bits per heavy atom. The van der Waals surface area contributed by atoms with Crippen LogP contribution in [0, 0.1) is 0 Å². The summed E-state index contributed by atoms with van der Waals surface area (Å²) in [7, 11) is 1.15. The average Bonchev–Trinajstić information content (AvgIpc) is 2.80. The van der Waals surface area contributed by atoms with E-state index < -0.39 is 23.6 Å². The summed E-state index contributed by atoms with van der Waals surface area (Å²) >= 11 is 0. The van der Waals surface area contributed by atoms with Gasteiger partial charge in [0.2, 0.25) is 5.88 Å². The normalized spacial score (nSPS) is 11.4. The lowest BCUT2D eigenvalue weighted by Crippen LogP contribution is -2.08. The van der Waals surface area contributed by atoms with Crippen molar-refractivity contribution in [2.45, 2.75) is 6.18 Å². The molecule has 20 heavy (non-hydrogen) atoms. The van der Waals surface area contributed by atoms with Crippen molar-refractivity contribution in [1.82, 2.24) is 9.78 Å². The highest BCUT2D eigenvalue weighted by molar-refractivity contribution is 5.93. The van der Waals surface area contributed by atoms with Crippen LogP contribution >= 0.6 is 0 Å². The zero-order valence-electron chi connectivity index (χ0n) is 10.2. The molecule has 0 atom stereocenters. The van der Waals surface area contributed by atoms with Crippen LogP contribution in [0.15, 0.2) is 30.5 Å². The van der Waals surface area contributed by atoms with Crippen LogP contribution in [0.25, 0.3) is 5.69 Å². The highest BCUT2D eigenvalue weighted by atomic mass is 19.4. The second kappa shape index (κ2) is 4.87. The lowest BCUT2D eigenvalue weighted by atomic mass is 10.2. The molecule has 2 rings (SSSR count). The predicted octanol–water partition coefficient (Wildman–Crippen LogP) is 2.38. The molecule has 0 spiro atoms. The van der Waals surface area contributed by atoms with Gasteiger partial charge in [-0.2, -0.15) is 13.2 Å². The van der Waals surface area contributed by atoms with Gasteiger partial charge in [0.1, 0.15) is 5.56 Å². The Morgan fingerprint density at radius 3 is 2.55 bits per heavy atom. The van der Waals surface area contributed by atoms with Crippen molar-refractivity contribution in [2.75, 3.05) is 7.11 Å². The molecule has 5 nitrogen and oxygen atoms in total. The van der Waals surface area contributed by atoms with Crippen molar-refractivity contribution in [1.29, 1.82) is 0 Å². The topological polar surface area (TPSA) is 64.3 Å². The molecular formula is C12H9F3N2O3. The van der Waals surface area contributed by atoms with E-state index in [0.29, 0.717) is 6.20 Å². The third-order valence-corrected chi connectivity index (χ3v) is 2.56. The van der Waals surface area contributed by atoms with Gasteiger partial charge in [0, 0.05) is 6.20 Å².